The summed E-state index contributed by atoms with van der Waals surface area (Å²) in [6, 6.07) is 0.690. The highest BCUT2D eigenvalue weighted by atomic mass is 16.5. The predicted octanol–water partition coefficient (Wildman–Crippen LogP) is 1.98. The van der Waals surface area contributed by atoms with Crippen molar-refractivity contribution >= 4 is 0 Å². The van der Waals surface area contributed by atoms with Gasteiger partial charge in [0.15, 0.2) is 0 Å². The average molecular weight is 242 g/mol. The van der Waals surface area contributed by atoms with Crippen molar-refractivity contribution in [1.29, 1.82) is 0 Å². The molecule has 0 aromatic heterocycles. The lowest BCUT2D eigenvalue weighted by molar-refractivity contribution is 0.130. The molecule has 1 rings (SSSR count). The maximum atomic E-state index is 5.21. The molecular weight excluding hydrogens is 212 g/mol. The maximum absolute atomic E-state index is 5.21. The third kappa shape index (κ3) is 6.39. The van der Waals surface area contributed by atoms with Gasteiger partial charge in [-0.05, 0) is 31.2 Å². The molecule has 1 atom stereocenters. The molecule has 0 aromatic carbocycles. The van der Waals surface area contributed by atoms with Gasteiger partial charge in [-0.1, -0.05) is 20.8 Å². The highest BCUT2D eigenvalue weighted by Gasteiger charge is 2.31. The zero-order valence-corrected chi connectivity index (χ0v) is 12.0. The summed E-state index contributed by atoms with van der Waals surface area (Å²) in [5.74, 6) is 1.65. The molecule has 1 unspecified atom stereocenters. The molecule has 1 aliphatic rings. The number of ether oxygens (including phenoxy) is 1. The summed E-state index contributed by atoms with van der Waals surface area (Å²) in [5.41, 5.74) is 0. The van der Waals surface area contributed by atoms with E-state index < -0.39 is 0 Å². The maximum Gasteiger partial charge on any atom is 0.0589 e. The summed E-state index contributed by atoms with van der Waals surface area (Å²) in [6.45, 7) is 12.1. The first-order valence-corrected chi connectivity index (χ1v) is 7.12. The largest absolute Gasteiger partial charge is 0.383 e. The second kappa shape index (κ2) is 8.06. The van der Waals surface area contributed by atoms with Crippen molar-refractivity contribution in [3.8, 4) is 0 Å². The SMILES string of the molecule is CCNC(CN(CCOC)CC(C)C)C1CC1. The Labute approximate surface area is 107 Å². The highest BCUT2D eigenvalue weighted by molar-refractivity contribution is 4.88. The molecule has 0 bridgehead atoms. The monoisotopic (exact) mass is 242 g/mol. The van der Waals surface area contributed by atoms with Gasteiger partial charge in [0.2, 0.25) is 0 Å². The van der Waals surface area contributed by atoms with Gasteiger partial charge in [-0.25, -0.2) is 0 Å². The lowest BCUT2D eigenvalue weighted by Crippen LogP contribution is -2.44. The fourth-order valence-corrected chi connectivity index (χ4v) is 2.41. The average Bonchev–Trinajstić information content (AvgIpc) is 3.08. The van der Waals surface area contributed by atoms with Gasteiger partial charge in [-0.2, -0.15) is 0 Å². The minimum Gasteiger partial charge on any atom is -0.383 e. The fraction of sp³-hybridized carbons (Fsp3) is 1.00. The van der Waals surface area contributed by atoms with Crippen LogP contribution in [0.5, 0.6) is 0 Å². The third-order valence-electron chi connectivity index (χ3n) is 3.35. The van der Waals surface area contributed by atoms with Crippen molar-refractivity contribution < 1.29 is 4.74 Å². The Morgan fingerprint density at radius 2 is 2.00 bits per heavy atom. The van der Waals surface area contributed by atoms with E-state index in [-0.39, 0.29) is 0 Å². The van der Waals surface area contributed by atoms with E-state index in [1.165, 1.54) is 25.9 Å². The first-order chi connectivity index (χ1) is 8.17. The standard InChI is InChI=1S/C14H30N2O/c1-5-15-14(13-6-7-13)11-16(8-9-17-4)10-12(2)3/h12-15H,5-11H2,1-4H3. The van der Waals surface area contributed by atoms with Crippen molar-refractivity contribution in [1.82, 2.24) is 10.2 Å². The minimum atomic E-state index is 0.690. The molecule has 0 heterocycles. The van der Waals surface area contributed by atoms with Crippen LogP contribution in [0, 0.1) is 11.8 Å². The summed E-state index contributed by atoms with van der Waals surface area (Å²) >= 11 is 0. The molecule has 1 saturated carbocycles. The van der Waals surface area contributed by atoms with Crippen LogP contribution >= 0.6 is 0 Å². The molecule has 0 aliphatic heterocycles. The van der Waals surface area contributed by atoms with E-state index in [0.29, 0.717) is 6.04 Å². The van der Waals surface area contributed by atoms with Gasteiger partial charge >= 0.3 is 0 Å². The van der Waals surface area contributed by atoms with Crippen molar-refractivity contribution in [2.24, 2.45) is 11.8 Å². The Morgan fingerprint density at radius 3 is 2.47 bits per heavy atom. The van der Waals surface area contributed by atoms with Gasteiger partial charge in [0, 0.05) is 32.8 Å². The van der Waals surface area contributed by atoms with E-state index in [2.05, 4.69) is 31.0 Å². The molecule has 0 aromatic rings. The van der Waals surface area contributed by atoms with Crippen LogP contribution in [0.4, 0.5) is 0 Å². The first-order valence-electron chi connectivity index (χ1n) is 7.12. The molecule has 1 N–H and O–H groups in total. The number of likely N-dealkylation sites (N-methyl/N-ethyl adjacent to an activating group) is 1. The van der Waals surface area contributed by atoms with Crippen LogP contribution in [0.3, 0.4) is 0 Å². The Bertz CT molecular complexity index is 193. The number of nitrogens with zero attached hydrogens (tertiary/aromatic N) is 1. The van der Waals surface area contributed by atoms with Gasteiger partial charge in [0.05, 0.1) is 6.61 Å². The molecule has 1 fully saturated rings. The van der Waals surface area contributed by atoms with Crippen LogP contribution in [-0.4, -0.2) is 50.8 Å². The molecule has 3 heteroatoms. The van der Waals surface area contributed by atoms with Gasteiger partial charge in [0.25, 0.3) is 0 Å². The quantitative estimate of drug-likeness (QED) is 0.634. The normalized spacial score (nSPS) is 18.0. The van der Waals surface area contributed by atoms with Crippen LogP contribution in [0.15, 0.2) is 0 Å². The Hall–Kier alpha value is -0.120. The first kappa shape index (κ1) is 14.9. The van der Waals surface area contributed by atoms with Crippen LogP contribution in [0.1, 0.15) is 33.6 Å². The van der Waals surface area contributed by atoms with E-state index in [4.69, 9.17) is 4.74 Å². The summed E-state index contributed by atoms with van der Waals surface area (Å²) in [5, 5.41) is 3.64. The second-order valence-corrected chi connectivity index (χ2v) is 5.65. The summed E-state index contributed by atoms with van der Waals surface area (Å²) in [7, 11) is 1.79. The molecule has 0 saturated heterocycles. The summed E-state index contributed by atoms with van der Waals surface area (Å²) in [4.78, 5) is 2.56. The Morgan fingerprint density at radius 1 is 1.29 bits per heavy atom. The van der Waals surface area contributed by atoms with Crippen molar-refractivity contribution in [2.75, 3.05) is 39.9 Å². The van der Waals surface area contributed by atoms with Gasteiger partial charge in [0.1, 0.15) is 0 Å². The third-order valence-corrected chi connectivity index (χ3v) is 3.35. The highest BCUT2D eigenvalue weighted by Crippen LogP contribution is 2.33. The minimum absolute atomic E-state index is 0.690. The van der Waals surface area contributed by atoms with Crippen molar-refractivity contribution in [3.63, 3.8) is 0 Å². The van der Waals surface area contributed by atoms with E-state index >= 15 is 0 Å². The smallest absolute Gasteiger partial charge is 0.0589 e. The fourth-order valence-electron chi connectivity index (χ4n) is 2.41. The van der Waals surface area contributed by atoms with Crippen LogP contribution in [0.25, 0.3) is 0 Å². The van der Waals surface area contributed by atoms with E-state index in [9.17, 15) is 0 Å². The number of rotatable bonds is 10. The van der Waals surface area contributed by atoms with E-state index in [0.717, 1.165) is 31.5 Å². The zero-order chi connectivity index (χ0) is 12.7. The van der Waals surface area contributed by atoms with Crippen LogP contribution < -0.4 is 5.32 Å². The topological polar surface area (TPSA) is 24.5 Å². The molecule has 0 spiro atoms. The molecule has 1 aliphatic carbocycles. The number of methoxy groups -OCH3 is 1. The number of nitrogens with one attached hydrogen (secondary N) is 1. The van der Waals surface area contributed by atoms with Gasteiger partial charge in [-0.3, -0.25) is 4.90 Å². The molecule has 0 amide bonds. The molecule has 0 radical (unpaired) electrons. The molecule has 3 nitrogen and oxygen atoms in total. The second-order valence-electron chi connectivity index (χ2n) is 5.65. The van der Waals surface area contributed by atoms with Crippen molar-refractivity contribution in [2.45, 2.75) is 39.7 Å². The summed E-state index contributed by atoms with van der Waals surface area (Å²) < 4.78 is 5.21. The molecule has 17 heavy (non-hydrogen) atoms. The Balaban J connectivity index is 2.37. The van der Waals surface area contributed by atoms with Crippen LogP contribution in [-0.2, 0) is 4.74 Å². The zero-order valence-electron chi connectivity index (χ0n) is 12.0. The number of hydrogen-bond donors (Lipinski definition) is 1. The molecular formula is C14H30N2O. The lowest BCUT2D eigenvalue weighted by Gasteiger charge is -2.29. The van der Waals surface area contributed by atoms with E-state index in [1.807, 2.05) is 0 Å². The van der Waals surface area contributed by atoms with E-state index in [1.54, 1.807) is 7.11 Å². The van der Waals surface area contributed by atoms with Crippen LogP contribution in [0.2, 0.25) is 0 Å². The van der Waals surface area contributed by atoms with Gasteiger partial charge < -0.3 is 10.1 Å². The molecule has 102 valence electrons. The number of hydrogen-bond acceptors (Lipinski definition) is 3. The summed E-state index contributed by atoms with van der Waals surface area (Å²) in [6.07, 6.45) is 2.83. The Kier molecular flexibility index (Phi) is 7.09. The van der Waals surface area contributed by atoms with Gasteiger partial charge in [-0.15, -0.1) is 0 Å². The lowest BCUT2D eigenvalue weighted by atomic mass is 10.1. The van der Waals surface area contributed by atoms with Crippen molar-refractivity contribution in [3.05, 3.63) is 0 Å². The predicted molar refractivity (Wildman–Crippen MR) is 73.3 cm³/mol.